The van der Waals surface area contributed by atoms with Crippen molar-refractivity contribution < 1.29 is 14.7 Å². The summed E-state index contributed by atoms with van der Waals surface area (Å²) in [6.07, 6.45) is 16.7. The first-order chi connectivity index (χ1) is 14.1. The van der Waals surface area contributed by atoms with Crippen LogP contribution < -0.4 is 0 Å². The van der Waals surface area contributed by atoms with Crippen LogP contribution in [0.15, 0.2) is 17.7 Å². The topological polar surface area (TPSA) is 70.2 Å². The highest BCUT2D eigenvalue weighted by molar-refractivity contribution is 7.71. The van der Waals surface area contributed by atoms with Crippen molar-refractivity contribution in [2.75, 3.05) is 0 Å². The molecule has 0 aromatic carbocycles. The lowest BCUT2D eigenvalue weighted by Gasteiger charge is -2.17. The second-order valence-corrected chi connectivity index (χ2v) is 8.53. The van der Waals surface area contributed by atoms with Crippen LogP contribution in [-0.2, 0) is 4.79 Å². The van der Waals surface area contributed by atoms with Crippen molar-refractivity contribution in [3.05, 3.63) is 33.6 Å². The number of H-pyrrole nitrogens is 1. The molecule has 5 heteroatoms. The summed E-state index contributed by atoms with van der Waals surface area (Å²) in [7, 11) is 0. The number of allylic oxidation sites excluding steroid dienone is 1. The van der Waals surface area contributed by atoms with Crippen molar-refractivity contribution in [2.45, 2.75) is 96.8 Å². The summed E-state index contributed by atoms with van der Waals surface area (Å²) in [5.74, 6) is -1.26. The fraction of sp³-hybridized carbons (Fsp3) is 0.625. The third-order valence-electron chi connectivity index (χ3n) is 5.70. The number of rotatable bonds is 14. The Morgan fingerprint density at radius 3 is 1.86 bits per heavy atom. The van der Waals surface area contributed by atoms with E-state index in [1.807, 2.05) is 0 Å². The van der Waals surface area contributed by atoms with Crippen molar-refractivity contribution in [1.29, 1.82) is 0 Å². The van der Waals surface area contributed by atoms with Crippen LogP contribution >= 0.6 is 12.2 Å². The van der Waals surface area contributed by atoms with Gasteiger partial charge in [0.2, 0.25) is 11.6 Å². The van der Waals surface area contributed by atoms with Crippen molar-refractivity contribution in [3.8, 4) is 0 Å². The third-order valence-corrected chi connectivity index (χ3v) is 5.93. The molecule has 2 rings (SSSR count). The molecule has 0 bridgehead atoms. The van der Waals surface area contributed by atoms with Crippen molar-refractivity contribution in [1.82, 2.24) is 4.98 Å². The summed E-state index contributed by atoms with van der Waals surface area (Å²) >= 11 is 5.07. The number of carbonyl (C=O) groups excluding carboxylic acids is 2. The van der Waals surface area contributed by atoms with E-state index in [1.165, 1.54) is 70.3 Å². The fourth-order valence-corrected chi connectivity index (χ4v) is 4.09. The zero-order valence-electron chi connectivity index (χ0n) is 17.7. The van der Waals surface area contributed by atoms with Crippen LogP contribution in [-0.4, -0.2) is 21.7 Å². The normalized spacial score (nSPS) is 13.8. The van der Waals surface area contributed by atoms with E-state index in [-0.39, 0.29) is 22.6 Å². The van der Waals surface area contributed by atoms with Gasteiger partial charge in [-0.3, -0.25) is 9.59 Å². The summed E-state index contributed by atoms with van der Waals surface area (Å²) in [4.78, 5) is 27.4. The molecule has 0 atom stereocenters. The minimum Gasteiger partial charge on any atom is -0.505 e. The van der Waals surface area contributed by atoms with Crippen molar-refractivity contribution >= 4 is 29.5 Å². The largest absolute Gasteiger partial charge is 0.505 e. The number of aliphatic hydroxyl groups excluding tert-OH is 1. The Morgan fingerprint density at radius 2 is 1.31 bits per heavy atom. The maximum atomic E-state index is 12.3. The molecule has 4 nitrogen and oxygen atoms in total. The van der Waals surface area contributed by atoms with Gasteiger partial charge in [-0.2, -0.15) is 0 Å². The number of carbonyl (C=O) groups is 2. The molecule has 0 radical (unpaired) electrons. The Balaban J connectivity index is 1.64. The number of fused-ring (bicyclic) bond motifs is 1. The minimum atomic E-state index is -0.584. The van der Waals surface area contributed by atoms with Gasteiger partial charge in [-0.15, -0.1) is 0 Å². The number of hydrogen-bond donors (Lipinski definition) is 2. The van der Waals surface area contributed by atoms with E-state index in [0.29, 0.717) is 11.1 Å². The molecule has 1 aliphatic carbocycles. The number of nitrogens with one attached hydrogen (secondary N) is 1. The van der Waals surface area contributed by atoms with E-state index >= 15 is 0 Å². The Kier molecular flexibility index (Phi) is 10.3. The van der Waals surface area contributed by atoms with Crippen molar-refractivity contribution in [3.63, 3.8) is 0 Å². The third kappa shape index (κ3) is 7.22. The zero-order valence-corrected chi connectivity index (χ0v) is 18.5. The van der Waals surface area contributed by atoms with E-state index in [9.17, 15) is 14.7 Å². The van der Waals surface area contributed by atoms with Crippen LogP contribution in [0.2, 0.25) is 0 Å². The standard InChI is InChI=1S/C24H35NO3S/c1-2-3-4-5-6-7-8-9-10-11-12-13-14-15-19-22(26)21-18(23(27)24(19)28)16-17-20(29)25-21/h16-17,26H,2-15H2,1H3,(H,25,29). The number of aromatic amines is 1. The van der Waals surface area contributed by atoms with Crippen LogP contribution in [0, 0.1) is 4.64 Å². The number of hydrogen-bond acceptors (Lipinski definition) is 4. The summed E-state index contributed by atoms with van der Waals surface area (Å²) in [6, 6.07) is 3.07. The Labute approximate surface area is 179 Å². The molecule has 2 N–H and O–H groups in total. The summed E-state index contributed by atoms with van der Waals surface area (Å²) in [5, 5.41) is 10.5. The smallest absolute Gasteiger partial charge is 0.235 e. The molecule has 0 fully saturated rings. The molecule has 160 valence electrons. The predicted molar refractivity (Wildman–Crippen MR) is 121 cm³/mol. The Morgan fingerprint density at radius 1 is 0.793 bits per heavy atom. The number of pyridine rings is 1. The van der Waals surface area contributed by atoms with E-state index in [2.05, 4.69) is 11.9 Å². The van der Waals surface area contributed by atoms with Crippen LogP contribution in [0.25, 0.3) is 5.76 Å². The maximum absolute atomic E-state index is 12.3. The highest BCUT2D eigenvalue weighted by Crippen LogP contribution is 2.29. The van der Waals surface area contributed by atoms with Gasteiger partial charge < -0.3 is 10.1 Å². The number of unbranched alkanes of at least 4 members (excludes halogenated alkanes) is 12. The molecule has 0 amide bonds. The van der Waals surface area contributed by atoms with E-state index in [4.69, 9.17) is 12.2 Å². The van der Waals surface area contributed by atoms with E-state index in [0.717, 1.165) is 19.3 Å². The quantitative estimate of drug-likeness (QED) is 0.190. The lowest BCUT2D eigenvalue weighted by Crippen LogP contribution is -2.25. The minimum absolute atomic E-state index is 0.116. The molecule has 0 spiro atoms. The van der Waals surface area contributed by atoms with Crippen molar-refractivity contribution in [2.24, 2.45) is 0 Å². The molecule has 29 heavy (non-hydrogen) atoms. The number of ketones is 2. The molecule has 0 saturated carbocycles. The van der Waals surface area contributed by atoms with E-state index < -0.39 is 11.6 Å². The maximum Gasteiger partial charge on any atom is 0.235 e. The fourth-order valence-electron chi connectivity index (χ4n) is 3.92. The van der Waals surface area contributed by atoms with Gasteiger partial charge in [0.1, 0.15) is 10.4 Å². The second-order valence-electron chi connectivity index (χ2n) is 8.09. The van der Waals surface area contributed by atoms with Gasteiger partial charge in [-0.1, -0.05) is 96.2 Å². The van der Waals surface area contributed by atoms with Crippen LogP contribution in [0.3, 0.4) is 0 Å². The molecule has 1 heterocycles. The molecule has 0 aliphatic heterocycles. The average Bonchev–Trinajstić information content (AvgIpc) is 2.72. The van der Waals surface area contributed by atoms with Gasteiger partial charge in [0.25, 0.3) is 0 Å². The van der Waals surface area contributed by atoms with Gasteiger partial charge in [-0.25, -0.2) is 0 Å². The Bertz CT molecular complexity index is 779. The summed E-state index contributed by atoms with van der Waals surface area (Å²) in [6.45, 7) is 2.25. The monoisotopic (exact) mass is 417 g/mol. The predicted octanol–water partition coefficient (Wildman–Crippen LogP) is 7.26. The molecular weight excluding hydrogens is 382 g/mol. The van der Waals surface area contributed by atoms with Crippen LogP contribution in [0.5, 0.6) is 0 Å². The second kappa shape index (κ2) is 12.7. The number of aliphatic hydroxyl groups is 1. The summed E-state index contributed by atoms with van der Waals surface area (Å²) < 4.78 is 0.428. The van der Waals surface area contributed by atoms with Gasteiger partial charge in [-0.05, 0) is 25.0 Å². The number of aromatic nitrogens is 1. The first-order valence-electron chi connectivity index (χ1n) is 11.3. The molecular formula is C24H35NO3S. The molecule has 0 saturated heterocycles. The Hall–Kier alpha value is -1.75. The van der Waals surface area contributed by atoms with E-state index in [1.54, 1.807) is 6.07 Å². The first-order valence-corrected chi connectivity index (χ1v) is 11.7. The molecule has 0 unspecified atom stereocenters. The highest BCUT2D eigenvalue weighted by atomic mass is 32.1. The van der Waals surface area contributed by atoms with Crippen LogP contribution in [0.4, 0.5) is 0 Å². The summed E-state index contributed by atoms with van der Waals surface area (Å²) in [5.41, 5.74) is 0.712. The lowest BCUT2D eigenvalue weighted by atomic mass is 9.89. The first kappa shape index (κ1) is 23.5. The highest BCUT2D eigenvalue weighted by Gasteiger charge is 2.32. The van der Waals surface area contributed by atoms with Gasteiger partial charge >= 0.3 is 0 Å². The zero-order chi connectivity index (χ0) is 21.1. The molecule has 1 aliphatic rings. The average molecular weight is 418 g/mol. The SMILES string of the molecule is CCCCCCCCCCCCCCCC1=C(O)c2[nH]c(=S)ccc2C(=O)C1=O. The van der Waals surface area contributed by atoms with Gasteiger partial charge in [0.05, 0.1) is 11.3 Å². The van der Waals surface area contributed by atoms with Gasteiger partial charge in [0, 0.05) is 5.57 Å². The number of Topliss-reactive ketones (excluding diaryl/α,β-unsaturated/α-hetero) is 2. The molecule has 1 aromatic rings. The van der Waals surface area contributed by atoms with Crippen LogP contribution in [0.1, 0.15) is 113 Å². The lowest BCUT2D eigenvalue weighted by molar-refractivity contribution is -0.112. The molecule has 1 aromatic heterocycles. The van der Waals surface area contributed by atoms with Gasteiger partial charge in [0.15, 0.2) is 0 Å².